The van der Waals surface area contributed by atoms with Crippen LogP contribution in [0.2, 0.25) is 0 Å². The van der Waals surface area contributed by atoms with Gasteiger partial charge in [-0.25, -0.2) is 4.79 Å². The molecule has 0 atom stereocenters. The van der Waals surface area contributed by atoms with E-state index in [0.717, 1.165) is 5.69 Å². The van der Waals surface area contributed by atoms with Gasteiger partial charge in [-0.15, -0.1) is 5.10 Å². The third-order valence-corrected chi connectivity index (χ3v) is 2.86. The maximum Gasteiger partial charge on any atom is 0.315 e. The molecule has 2 N–H and O–H groups in total. The maximum atomic E-state index is 11.7. The largest absolute Gasteiger partial charge is 0.466 e. The fraction of sp³-hybridized carbons (Fsp3) is 0.357. The highest BCUT2D eigenvalue weighted by Crippen LogP contribution is 2.06. The number of urea groups is 1. The normalized spacial score (nSPS) is 10.1. The number of nitrogens with zero attached hydrogens (tertiary/aromatic N) is 4. The number of hydrogen-bond acceptors (Lipinski definition) is 6. The highest BCUT2D eigenvalue weighted by molar-refractivity contribution is 5.75. The van der Waals surface area contributed by atoms with Crippen LogP contribution in [0.3, 0.4) is 0 Å². The van der Waals surface area contributed by atoms with Gasteiger partial charge in [0.25, 0.3) is 0 Å². The number of carbonyl (C=O) groups is 2. The van der Waals surface area contributed by atoms with Crippen LogP contribution in [0.1, 0.15) is 19.2 Å². The number of tetrazole rings is 1. The number of carbonyl (C=O) groups excluding carboxylic acids is 2. The van der Waals surface area contributed by atoms with Gasteiger partial charge < -0.3 is 15.4 Å². The number of nitrogens with one attached hydrogen (secondary N) is 2. The molecule has 0 saturated heterocycles. The van der Waals surface area contributed by atoms with E-state index >= 15 is 0 Å². The molecule has 2 rings (SSSR count). The molecule has 0 aliphatic heterocycles. The Labute approximate surface area is 133 Å². The summed E-state index contributed by atoms with van der Waals surface area (Å²) in [5, 5.41) is 16.6. The molecule has 9 nitrogen and oxygen atoms in total. The van der Waals surface area contributed by atoms with Crippen LogP contribution >= 0.6 is 0 Å². The average molecular weight is 318 g/mol. The second kappa shape index (κ2) is 8.47. The van der Waals surface area contributed by atoms with E-state index in [1.165, 1.54) is 0 Å². The highest BCUT2D eigenvalue weighted by atomic mass is 16.5. The fourth-order valence-corrected chi connectivity index (χ4v) is 1.82. The minimum Gasteiger partial charge on any atom is -0.466 e. The summed E-state index contributed by atoms with van der Waals surface area (Å²) in [5.74, 6) is 0.151. The second-order valence-corrected chi connectivity index (χ2v) is 4.51. The van der Waals surface area contributed by atoms with Crippen LogP contribution < -0.4 is 10.6 Å². The molecule has 0 spiro atoms. The lowest BCUT2D eigenvalue weighted by Crippen LogP contribution is -2.36. The number of para-hydroxylation sites is 1. The van der Waals surface area contributed by atoms with Crippen LogP contribution in [0.15, 0.2) is 30.3 Å². The molecular formula is C14H18N6O3. The number of amides is 2. The van der Waals surface area contributed by atoms with Gasteiger partial charge in [-0.3, -0.25) is 4.79 Å². The molecule has 0 unspecified atom stereocenters. The summed E-state index contributed by atoms with van der Waals surface area (Å²) in [6, 6.07) is 8.95. The molecule has 23 heavy (non-hydrogen) atoms. The van der Waals surface area contributed by atoms with Gasteiger partial charge in [0.15, 0.2) is 5.82 Å². The Kier molecular flexibility index (Phi) is 6.04. The molecule has 1 aromatic heterocycles. The molecular weight excluding hydrogens is 300 g/mol. The first-order valence-electron chi connectivity index (χ1n) is 7.20. The smallest absolute Gasteiger partial charge is 0.315 e. The van der Waals surface area contributed by atoms with E-state index in [1.807, 2.05) is 30.3 Å². The van der Waals surface area contributed by atoms with Crippen molar-refractivity contribution in [1.29, 1.82) is 0 Å². The Balaban J connectivity index is 1.79. The van der Waals surface area contributed by atoms with Crippen LogP contribution in [0, 0.1) is 0 Å². The van der Waals surface area contributed by atoms with E-state index in [4.69, 9.17) is 4.74 Å². The Hall–Kier alpha value is -2.97. The van der Waals surface area contributed by atoms with Crippen molar-refractivity contribution in [2.24, 2.45) is 0 Å². The average Bonchev–Trinajstić information content (AvgIpc) is 3.02. The van der Waals surface area contributed by atoms with Gasteiger partial charge in [0, 0.05) is 6.54 Å². The molecule has 0 radical (unpaired) electrons. The van der Waals surface area contributed by atoms with Gasteiger partial charge in [-0.05, 0) is 29.5 Å². The van der Waals surface area contributed by atoms with E-state index in [-0.39, 0.29) is 25.5 Å². The first kappa shape index (κ1) is 16.4. The van der Waals surface area contributed by atoms with Crippen molar-refractivity contribution in [1.82, 2.24) is 30.8 Å². The molecule has 0 saturated carbocycles. The Bertz CT molecular complexity index is 643. The van der Waals surface area contributed by atoms with E-state index in [9.17, 15) is 9.59 Å². The van der Waals surface area contributed by atoms with Crippen LogP contribution in [-0.2, 0) is 16.1 Å². The molecule has 2 aromatic rings. The van der Waals surface area contributed by atoms with Crippen LogP contribution in [0.5, 0.6) is 0 Å². The minimum absolute atomic E-state index is 0.128. The van der Waals surface area contributed by atoms with Crippen LogP contribution in [0.4, 0.5) is 4.79 Å². The van der Waals surface area contributed by atoms with E-state index in [2.05, 4.69) is 26.2 Å². The molecule has 0 aliphatic carbocycles. The third-order valence-electron chi connectivity index (χ3n) is 2.86. The van der Waals surface area contributed by atoms with Crippen molar-refractivity contribution in [2.45, 2.75) is 19.9 Å². The topological polar surface area (TPSA) is 111 Å². The first-order valence-corrected chi connectivity index (χ1v) is 7.20. The number of esters is 1. The van der Waals surface area contributed by atoms with Crippen molar-refractivity contribution in [3.8, 4) is 5.69 Å². The molecule has 0 fully saturated rings. The van der Waals surface area contributed by atoms with E-state index < -0.39 is 6.03 Å². The van der Waals surface area contributed by atoms with Gasteiger partial charge in [0.2, 0.25) is 0 Å². The molecule has 9 heteroatoms. The number of hydrogen-bond donors (Lipinski definition) is 2. The van der Waals surface area contributed by atoms with Crippen molar-refractivity contribution in [3.05, 3.63) is 36.2 Å². The standard InChI is InChI=1S/C14H18N6O3/c1-2-23-13(21)8-9-15-14(22)16-10-12-17-18-19-20(12)11-6-4-3-5-7-11/h3-7H,2,8-10H2,1H3,(H2,15,16,22). The highest BCUT2D eigenvalue weighted by Gasteiger charge is 2.10. The summed E-state index contributed by atoms with van der Waals surface area (Å²) in [6.45, 7) is 2.42. The monoisotopic (exact) mass is 318 g/mol. The Morgan fingerprint density at radius 2 is 2.00 bits per heavy atom. The summed E-state index contributed by atoms with van der Waals surface area (Å²) in [6.07, 6.45) is 0.128. The van der Waals surface area contributed by atoms with Crippen molar-refractivity contribution < 1.29 is 14.3 Å². The summed E-state index contributed by atoms with van der Waals surface area (Å²) >= 11 is 0. The Morgan fingerprint density at radius 3 is 2.74 bits per heavy atom. The van der Waals surface area contributed by atoms with Gasteiger partial charge >= 0.3 is 12.0 Å². The predicted molar refractivity (Wildman–Crippen MR) is 80.6 cm³/mol. The number of benzene rings is 1. The van der Waals surface area contributed by atoms with Gasteiger partial charge in [0.1, 0.15) is 0 Å². The molecule has 122 valence electrons. The lowest BCUT2D eigenvalue weighted by atomic mass is 10.3. The lowest BCUT2D eigenvalue weighted by molar-refractivity contribution is -0.142. The van der Waals surface area contributed by atoms with E-state index in [0.29, 0.717) is 12.4 Å². The molecule has 0 aliphatic rings. The quantitative estimate of drug-likeness (QED) is 0.716. The fourth-order valence-electron chi connectivity index (χ4n) is 1.82. The third kappa shape index (κ3) is 5.06. The maximum absolute atomic E-state index is 11.7. The minimum atomic E-state index is -0.406. The first-order chi connectivity index (χ1) is 11.2. The Morgan fingerprint density at radius 1 is 1.22 bits per heavy atom. The van der Waals surface area contributed by atoms with E-state index in [1.54, 1.807) is 11.6 Å². The number of aromatic nitrogens is 4. The van der Waals surface area contributed by atoms with Gasteiger partial charge in [0.05, 0.1) is 25.3 Å². The summed E-state index contributed by atoms with van der Waals surface area (Å²) < 4.78 is 6.31. The summed E-state index contributed by atoms with van der Waals surface area (Å²) in [7, 11) is 0. The predicted octanol–water partition coefficient (Wildman–Crippen LogP) is 0.415. The zero-order chi connectivity index (χ0) is 16.5. The second-order valence-electron chi connectivity index (χ2n) is 4.51. The molecule has 1 heterocycles. The molecule has 1 aromatic carbocycles. The summed E-state index contributed by atoms with van der Waals surface area (Å²) in [5.41, 5.74) is 0.803. The zero-order valence-corrected chi connectivity index (χ0v) is 12.7. The van der Waals surface area contributed by atoms with Crippen molar-refractivity contribution in [2.75, 3.05) is 13.2 Å². The van der Waals surface area contributed by atoms with Crippen LogP contribution in [-0.4, -0.2) is 45.4 Å². The summed E-state index contributed by atoms with van der Waals surface area (Å²) in [4.78, 5) is 22.8. The SMILES string of the molecule is CCOC(=O)CCNC(=O)NCc1nnnn1-c1ccccc1. The van der Waals surface area contributed by atoms with Gasteiger partial charge in [-0.2, -0.15) is 4.68 Å². The van der Waals surface area contributed by atoms with Crippen LogP contribution in [0.25, 0.3) is 5.69 Å². The molecule has 0 bridgehead atoms. The number of rotatable bonds is 7. The molecule has 2 amide bonds. The van der Waals surface area contributed by atoms with Crippen molar-refractivity contribution in [3.63, 3.8) is 0 Å². The number of ether oxygens (including phenoxy) is 1. The zero-order valence-electron chi connectivity index (χ0n) is 12.7. The lowest BCUT2D eigenvalue weighted by Gasteiger charge is -2.08. The van der Waals surface area contributed by atoms with Gasteiger partial charge in [-0.1, -0.05) is 18.2 Å². The van der Waals surface area contributed by atoms with Crippen molar-refractivity contribution >= 4 is 12.0 Å².